The van der Waals surface area contributed by atoms with Gasteiger partial charge < -0.3 is 9.80 Å². The number of carbonyl (C=O) groups is 1. The van der Waals surface area contributed by atoms with Gasteiger partial charge in [0, 0.05) is 49.8 Å². The topological polar surface area (TPSA) is 49.3 Å². The molecule has 0 bridgehead atoms. The first-order valence-corrected chi connectivity index (χ1v) is 10.2. The number of anilines is 1. The van der Waals surface area contributed by atoms with Crippen LogP contribution >= 0.6 is 11.3 Å². The molecule has 1 amide bonds. The summed E-state index contributed by atoms with van der Waals surface area (Å²) in [5.74, 6) is -0.0856. The van der Waals surface area contributed by atoms with Crippen LogP contribution in [0.1, 0.15) is 20.9 Å². The number of thiazole rings is 1. The summed E-state index contributed by atoms with van der Waals surface area (Å²) in [5, 5.41) is 0.542. The molecule has 0 saturated carbocycles. The summed E-state index contributed by atoms with van der Waals surface area (Å²) in [7, 11) is 0. The fourth-order valence-electron chi connectivity index (χ4n) is 3.39. The van der Waals surface area contributed by atoms with Crippen molar-refractivity contribution in [3.8, 4) is 10.6 Å². The molecular formula is C21H19F3N4OS. The Morgan fingerprint density at radius 2 is 1.63 bits per heavy atom. The molecule has 3 heterocycles. The number of hydrogen-bond donors (Lipinski definition) is 0. The van der Waals surface area contributed by atoms with Gasteiger partial charge in [-0.25, -0.2) is 4.98 Å². The van der Waals surface area contributed by atoms with Crippen LogP contribution in [-0.4, -0.2) is 47.0 Å². The number of alkyl halides is 3. The number of aromatic nitrogens is 2. The summed E-state index contributed by atoms with van der Waals surface area (Å²) >= 11 is 1.22. The fourth-order valence-corrected chi connectivity index (χ4v) is 4.43. The largest absolute Gasteiger partial charge is 0.416 e. The van der Waals surface area contributed by atoms with Crippen molar-refractivity contribution in [3.05, 3.63) is 64.9 Å². The third kappa shape index (κ3) is 4.16. The molecule has 3 aromatic rings. The minimum absolute atomic E-state index is 0.0856. The van der Waals surface area contributed by atoms with E-state index in [0.29, 0.717) is 34.2 Å². The number of piperazine rings is 1. The molecule has 1 aromatic carbocycles. The lowest BCUT2D eigenvalue weighted by molar-refractivity contribution is -0.137. The molecule has 156 valence electrons. The first-order valence-electron chi connectivity index (χ1n) is 9.42. The molecule has 9 heteroatoms. The van der Waals surface area contributed by atoms with E-state index in [4.69, 9.17) is 0 Å². The number of aryl methyl sites for hydroxylation is 1. The number of benzene rings is 1. The summed E-state index contributed by atoms with van der Waals surface area (Å²) in [4.78, 5) is 26.0. The summed E-state index contributed by atoms with van der Waals surface area (Å²) in [6.45, 7) is 4.38. The van der Waals surface area contributed by atoms with E-state index in [2.05, 4.69) is 14.9 Å². The van der Waals surface area contributed by atoms with Gasteiger partial charge in [0.05, 0.1) is 11.3 Å². The number of amides is 1. The van der Waals surface area contributed by atoms with E-state index in [1.807, 2.05) is 12.1 Å². The molecule has 5 nitrogen and oxygen atoms in total. The van der Waals surface area contributed by atoms with Gasteiger partial charge in [-0.3, -0.25) is 9.78 Å². The van der Waals surface area contributed by atoms with Gasteiger partial charge in [0.2, 0.25) is 0 Å². The van der Waals surface area contributed by atoms with Crippen LogP contribution in [0, 0.1) is 6.92 Å². The van der Waals surface area contributed by atoms with Crippen molar-refractivity contribution >= 4 is 22.9 Å². The SMILES string of the molecule is Cc1nc(-c2ccc(C(F)(F)F)cc2)sc1C(=O)N1CCN(c2ccncc2)CC1. The number of hydrogen-bond acceptors (Lipinski definition) is 5. The molecule has 4 rings (SSSR count). The summed E-state index contributed by atoms with van der Waals surface area (Å²) in [5.41, 5.74) is 1.53. The molecule has 0 spiro atoms. The summed E-state index contributed by atoms with van der Waals surface area (Å²) < 4.78 is 38.3. The Balaban J connectivity index is 1.46. The zero-order chi connectivity index (χ0) is 21.3. The third-order valence-corrected chi connectivity index (χ3v) is 6.24. The summed E-state index contributed by atoms with van der Waals surface area (Å²) in [6, 6.07) is 8.74. The van der Waals surface area contributed by atoms with Gasteiger partial charge in [-0.1, -0.05) is 12.1 Å². The zero-order valence-corrected chi connectivity index (χ0v) is 17.0. The lowest BCUT2D eigenvalue weighted by atomic mass is 10.1. The van der Waals surface area contributed by atoms with Crippen LogP contribution in [-0.2, 0) is 6.18 Å². The van der Waals surface area contributed by atoms with Crippen LogP contribution in [0.15, 0.2) is 48.8 Å². The van der Waals surface area contributed by atoms with Crippen molar-refractivity contribution < 1.29 is 18.0 Å². The highest BCUT2D eigenvalue weighted by Crippen LogP contribution is 2.33. The van der Waals surface area contributed by atoms with E-state index in [-0.39, 0.29) is 5.91 Å². The van der Waals surface area contributed by atoms with Crippen molar-refractivity contribution in [2.75, 3.05) is 31.1 Å². The Kier molecular flexibility index (Phi) is 5.46. The van der Waals surface area contributed by atoms with Crippen molar-refractivity contribution in [1.29, 1.82) is 0 Å². The van der Waals surface area contributed by atoms with Crippen molar-refractivity contribution in [3.63, 3.8) is 0 Å². The predicted octanol–water partition coefficient (Wildman–Crippen LogP) is 4.49. The van der Waals surface area contributed by atoms with Gasteiger partial charge in [-0.15, -0.1) is 11.3 Å². The van der Waals surface area contributed by atoms with Gasteiger partial charge in [0.25, 0.3) is 5.91 Å². The molecule has 2 aromatic heterocycles. The van der Waals surface area contributed by atoms with E-state index in [1.54, 1.807) is 24.2 Å². The Morgan fingerprint density at radius 3 is 2.23 bits per heavy atom. The molecule has 0 N–H and O–H groups in total. The Labute approximate surface area is 175 Å². The normalized spacial score (nSPS) is 14.8. The minimum atomic E-state index is -4.38. The van der Waals surface area contributed by atoms with Gasteiger partial charge in [0.1, 0.15) is 9.88 Å². The van der Waals surface area contributed by atoms with E-state index >= 15 is 0 Å². The van der Waals surface area contributed by atoms with Gasteiger partial charge in [0.15, 0.2) is 0 Å². The second-order valence-electron chi connectivity index (χ2n) is 6.99. The smallest absolute Gasteiger partial charge is 0.368 e. The maximum absolute atomic E-state index is 13.0. The molecule has 1 fully saturated rings. The molecule has 0 aliphatic carbocycles. The van der Waals surface area contributed by atoms with Crippen LogP contribution in [0.3, 0.4) is 0 Å². The summed E-state index contributed by atoms with van der Waals surface area (Å²) in [6.07, 6.45) is -0.885. The first kappa shape index (κ1) is 20.3. The van der Waals surface area contributed by atoms with E-state index in [9.17, 15) is 18.0 Å². The van der Waals surface area contributed by atoms with Crippen molar-refractivity contribution in [2.24, 2.45) is 0 Å². The molecule has 1 aliphatic rings. The van der Waals surface area contributed by atoms with Crippen molar-refractivity contribution in [2.45, 2.75) is 13.1 Å². The van der Waals surface area contributed by atoms with Gasteiger partial charge in [-0.05, 0) is 31.2 Å². The lowest BCUT2D eigenvalue weighted by Gasteiger charge is -2.35. The average Bonchev–Trinajstić information content (AvgIpc) is 3.15. The Morgan fingerprint density at radius 1 is 1.00 bits per heavy atom. The van der Waals surface area contributed by atoms with Crippen LogP contribution in [0.5, 0.6) is 0 Å². The van der Waals surface area contributed by atoms with Crippen molar-refractivity contribution in [1.82, 2.24) is 14.9 Å². The predicted molar refractivity (Wildman–Crippen MR) is 110 cm³/mol. The maximum atomic E-state index is 13.0. The second kappa shape index (κ2) is 8.06. The van der Waals surface area contributed by atoms with E-state index in [0.717, 1.165) is 30.9 Å². The highest BCUT2D eigenvalue weighted by atomic mass is 32.1. The molecular weight excluding hydrogens is 413 g/mol. The standard InChI is InChI=1S/C21H19F3N4OS/c1-14-18(30-19(26-14)15-2-4-16(5-3-15)21(22,23)24)20(29)28-12-10-27(11-13-28)17-6-8-25-9-7-17/h2-9H,10-13H2,1H3. The maximum Gasteiger partial charge on any atom is 0.416 e. The molecule has 1 aliphatic heterocycles. The molecule has 0 unspecified atom stereocenters. The second-order valence-corrected chi connectivity index (χ2v) is 7.99. The lowest BCUT2D eigenvalue weighted by Crippen LogP contribution is -2.48. The van der Waals surface area contributed by atoms with E-state index < -0.39 is 11.7 Å². The van der Waals surface area contributed by atoms with Gasteiger partial charge in [-0.2, -0.15) is 13.2 Å². The highest BCUT2D eigenvalue weighted by molar-refractivity contribution is 7.17. The number of pyridine rings is 1. The molecule has 0 radical (unpaired) electrons. The monoisotopic (exact) mass is 432 g/mol. The number of nitrogens with zero attached hydrogens (tertiary/aromatic N) is 4. The van der Waals surface area contributed by atoms with Crippen LogP contribution in [0.4, 0.5) is 18.9 Å². The molecule has 1 saturated heterocycles. The third-order valence-electron chi connectivity index (χ3n) is 5.04. The number of halogens is 3. The van der Waals surface area contributed by atoms with Crippen LogP contribution < -0.4 is 4.90 Å². The first-order chi connectivity index (χ1) is 14.3. The Bertz CT molecular complexity index is 1030. The fraction of sp³-hybridized carbons (Fsp3) is 0.286. The van der Waals surface area contributed by atoms with Crippen LogP contribution in [0.2, 0.25) is 0 Å². The average molecular weight is 432 g/mol. The van der Waals surface area contributed by atoms with Crippen LogP contribution in [0.25, 0.3) is 10.6 Å². The van der Waals surface area contributed by atoms with Gasteiger partial charge >= 0.3 is 6.18 Å². The highest BCUT2D eigenvalue weighted by Gasteiger charge is 2.30. The molecule has 30 heavy (non-hydrogen) atoms. The van der Waals surface area contributed by atoms with E-state index in [1.165, 1.54) is 23.5 Å². The Hall–Kier alpha value is -2.94. The minimum Gasteiger partial charge on any atom is -0.368 e. The zero-order valence-electron chi connectivity index (χ0n) is 16.2. The molecule has 0 atom stereocenters. The number of rotatable bonds is 3. The quantitative estimate of drug-likeness (QED) is 0.612. The number of carbonyl (C=O) groups excluding carboxylic acids is 1.